The van der Waals surface area contributed by atoms with Gasteiger partial charge in [0.05, 0.1) is 6.61 Å². The molecule has 0 bridgehead atoms. The van der Waals surface area contributed by atoms with Crippen LogP contribution in [-0.4, -0.2) is 26.3 Å². The summed E-state index contributed by atoms with van der Waals surface area (Å²) in [5.74, 6) is -0.285. The molecule has 0 heterocycles. The first-order valence-electron chi connectivity index (χ1n) is 5.18. The van der Waals surface area contributed by atoms with E-state index in [9.17, 15) is 9.18 Å². The van der Waals surface area contributed by atoms with Crippen LogP contribution in [-0.2, 0) is 4.74 Å². The van der Waals surface area contributed by atoms with Crippen molar-refractivity contribution in [2.75, 3.05) is 20.3 Å². The van der Waals surface area contributed by atoms with Crippen LogP contribution in [0, 0.1) is 5.82 Å². The average Bonchev–Trinajstić information content (AvgIpc) is 2.32. The average molecular weight is 238 g/mol. The third kappa shape index (κ3) is 5.67. The van der Waals surface area contributed by atoms with Gasteiger partial charge in [-0.1, -0.05) is 12.1 Å². The molecular weight excluding hydrogens is 223 g/mol. The molecule has 2 amide bonds. The fourth-order valence-corrected chi connectivity index (χ4v) is 1.11. The summed E-state index contributed by atoms with van der Waals surface area (Å²) in [6.07, 6.45) is 3.17. The summed E-state index contributed by atoms with van der Waals surface area (Å²) in [7, 11) is 1.56. The van der Waals surface area contributed by atoms with E-state index < -0.39 is 0 Å². The fourth-order valence-electron chi connectivity index (χ4n) is 1.11. The van der Waals surface area contributed by atoms with Crippen LogP contribution in [0.3, 0.4) is 0 Å². The number of urea groups is 1. The van der Waals surface area contributed by atoms with E-state index in [4.69, 9.17) is 4.74 Å². The SMILES string of the molecule is COCCNC(=O)N/C=C/c1ccc(F)cc1. The lowest BCUT2D eigenvalue weighted by Gasteiger charge is -2.02. The lowest BCUT2D eigenvalue weighted by Crippen LogP contribution is -2.34. The Hall–Kier alpha value is -1.88. The van der Waals surface area contributed by atoms with E-state index >= 15 is 0 Å². The lowest BCUT2D eigenvalue weighted by atomic mass is 10.2. The molecule has 0 unspecified atom stereocenters. The van der Waals surface area contributed by atoms with E-state index in [1.54, 1.807) is 25.3 Å². The van der Waals surface area contributed by atoms with Crippen LogP contribution < -0.4 is 10.6 Å². The highest BCUT2D eigenvalue weighted by atomic mass is 19.1. The van der Waals surface area contributed by atoms with Gasteiger partial charge < -0.3 is 15.4 Å². The molecule has 0 fully saturated rings. The largest absolute Gasteiger partial charge is 0.383 e. The molecule has 0 aliphatic carbocycles. The van der Waals surface area contributed by atoms with E-state index in [1.165, 1.54) is 18.3 Å². The number of rotatable bonds is 5. The molecule has 2 N–H and O–H groups in total. The second-order valence-corrected chi connectivity index (χ2v) is 3.28. The Bertz CT molecular complexity index is 377. The number of methoxy groups -OCH3 is 1. The van der Waals surface area contributed by atoms with Crippen molar-refractivity contribution in [3.63, 3.8) is 0 Å². The number of carbonyl (C=O) groups excluding carboxylic acids is 1. The molecule has 4 nitrogen and oxygen atoms in total. The summed E-state index contributed by atoms with van der Waals surface area (Å²) in [4.78, 5) is 11.2. The van der Waals surface area contributed by atoms with E-state index in [0.717, 1.165) is 5.56 Å². The van der Waals surface area contributed by atoms with Gasteiger partial charge in [0.2, 0.25) is 0 Å². The molecule has 0 aliphatic heterocycles. The van der Waals surface area contributed by atoms with Gasteiger partial charge in [-0.2, -0.15) is 0 Å². The molecule has 0 radical (unpaired) electrons. The van der Waals surface area contributed by atoms with Crippen molar-refractivity contribution in [1.82, 2.24) is 10.6 Å². The maximum atomic E-state index is 12.6. The molecule has 1 rings (SSSR count). The third-order valence-corrected chi connectivity index (χ3v) is 1.95. The van der Waals surface area contributed by atoms with Crippen LogP contribution in [0.1, 0.15) is 5.56 Å². The zero-order valence-corrected chi connectivity index (χ0v) is 9.57. The van der Waals surface area contributed by atoms with E-state index in [0.29, 0.717) is 13.2 Å². The van der Waals surface area contributed by atoms with Crippen molar-refractivity contribution in [2.45, 2.75) is 0 Å². The number of hydrogen-bond donors (Lipinski definition) is 2. The molecule has 0 atom stereocenters. The zero-order chi connectivity index (χ0) is 12.5. The van der Waals surface area contributed by atoms with Gasteiger partial charge in [-0.05, 0) is 23.8 Å². The summed E-state index contributed by atoms with van der Waals surface area (Å²) in [5.41, 5.74) is 0.809. The van der Waals surface area contributed by atoms with E-state index in [1.807, 2.05) is 0 Å². The first-order valence-corrected chi connectivity index (χ1v) is 5.18. The molecule has 0 aliphatic rings. The van der Waals surface area contributed by atoms with Crippen LogP contribution in [0.15, 0.2) is 30.5 Å². The number of halogens is 1. The maximum Gasteiger partial charge on any atom is 0.318 e. The van der Waals surface area contributed by atoms with Crippen LogP contribution in [0.25, 0.3) is 6.08 Å². The number of amides is 2. The molecule has 1 aromatic rings. The molecule has 1 aromatic carbocycles. The topological polar surface area (TPSA) is 50.4 Å². The van der Waals surface area contributed by atoms with Crippen molar-refractivity contribution < 1.29 is 13.9 Å². The van der Waals surface area contributed by atoms with Gasteiger partial charge in [0.25, 0.3) is 0 Å². The highest BCUT2D eigenvalue weighted by molar-refractivity contribution is 5.75. The first kappa shape index (κ1) is 13.2. The molecular formula is C12H15FN2O2. The van der Waals surface area contributed by atoms with Crippen LogP contribution in [0.2, 0.25) is 0 Å². The minimum atomic E-state index is -0.305. The van der Waals surface area contributed by atoms with Gasteiger partial charge in [0.15, 0.2) is 0 Å². The fraction of sp³-hybridized carbons (Fsp3) is 0.250. The Morgan fingerprint density at radius 2 is 2.12 bits per heavy atom. The second-order valence-electron chi connectivity index (χ2n) is 3.28. The number of nitrogens with one attached hydrogen (secondary N) is 2. The summed E-state index contributed by atoms with van der Waals surface area (Å²) in [6, 6.07) is 5.66. The highest BCUT2D eigenvalue weighted by Crippen LogP contribution is 2.03. The Labute approximate surface area is 99.5 Å². The minimum Gasteiger partial charge on any atom is -0.383 e. The molecule has 0 spiro atoms. The van der Waals surface area contributed by atoms with Crippen molar-refractivity contribution in [1.29, 1.82) is 0 Å². The van der Waals surface area contributed by atoms with Gasteiger partial charge in [-0.15, -0.1) is 0 Å². The van der Waals surface area contributed by atoms with Crippen molar-refractivity contribution in [3.05, 3.63) is 41.8 Å². The molecule has 17 heavy (non-hydrogen) atoms. The summed E-state index contributed by atoms with van der Waals surface area (Å²) in [6.45, 7) is 0.918. The Kier molecular flexibility index (Phi) is 5.74. The Morgan fingerprint density at radius 1 is 1.41 bits per heavy atom. The monoisotopic (exact) mass is 238 g/mol. The number of ether oxygens (including phenoxy) is 1. The van der Waals surface area contributed by atoms with Crippen molar-refractivity contribution >= 4 is 12.1 Å². The van der Waals surface area contributed by atoms with Crippen molar-refractivity contribution in [2.24, 2.45) is 0 Å². The van der Waals surface area contributed by atoms with Gasteiger partial charge in [0.1, 0.15) is 5.82 Å². The molecule has 5 heteroatoms. The van der Waals surface area contributed by atoms with Crippen molar-refractivity contribution in [3.8, 4) is 0 Å². The molecule has 92 valence electrons. The second kappa shape index (κ2) is 7.40. The zero-order valence-electron chi connectivity index (χ0n) is 9.57. The quantitative estimate of drug-likeness (QED) is 0.768. The predicted molar refractivity (Wildman–Crippen MR) is 63.8 cm³/mol. The molecule has 0 saturated carbocycles. The first-order chi connectivity index (χ1) is 8.22. The minimum absolute atomic E-state index is 0.285. The molecule has 0 saturated heterocycles. The Balaban J connectivity index is 2.29. The summed E-state index contributed by atoms with van der Waals surface area (Å²) in [5, 5.41) is 5.12. The highest BCUT2D eigenvalue weighted by Gasteiger charge is 1.94. The number of hydrogen-bond acceptors (Lipinski definition) is 2. The van der Waals surface area contributed by atoms with Gasteiger partial charge in [0, 0.05) is 19.9 Å². The van der Waals surface area contributed by atoms with Crippen LogP contribution >= 0.6 is 0 Å². The van der Waals surface area contributed by atoms with E-state index in [2.05, 4.69) is 10.6 Å². The van der Waals surface area contributed by atoms with Gasteiger partial charge in [-0.3, -0.25) is 0 Å². The maximum absolute atomic E-state index is 12.6. The normalized spacial score (nSPS) is 10.5. The predicted octanol–water partition coefficient (Wildman–Crippen LogP) is 1.74. The summed E-state index contributed by atoms with van der Waals surface area (Å²) >= 11 is 0. The third-order valence-electron chi connectivity index (χ3n) is 1.95. The van der Waals surface area contributed by atoms with Crippen LogP contribution in [0.5, 0.6) is 0 Å². The standard InChI is InChI=1S/C12H15FN2O2/c1-17-9-8-15-12(16)14-7-6-10-2-4-11(13)5-3-10/h2-7H,8-9H2,1H3,(H2,14,15,16)/b7-6+. The van der Waals surface area contributed by atoms with Gasteiger partial charge >= 0.3 is 6.03 Å². The number of benzene rings is 1. The lowest BCUT2D eigenvalue weighted by molar-refractivity contribution is 0.196. The van der Waals surface area contributed by atoms with Crippen LogP contribution in [0.4, 0.5) is 9.18 Å². The Morgan fingerprint density at radius 3 is 2.76 bits per heavy atom. The molecule has 0 aromatic heterocycles. The van der Waals surface area contributed by atoms with E-state index in [-0.39, 0.29) is 11.8 Å². The number of carbonyl (C=O) groups is 1. The van der Waals surface area contributed by atoms with Gasteiger partial charge in [-0.25, -0.2) is 9.18 Å². The summed E-state index contributed by atoms with van der Waals surface area (Å²) < 4.78 is 17.4. The smallest absolute Gasteiger partial charge is 0.318 e.